The second kappa shape index (κ2) is 21.7. The van der Waals surface area contributed by atoms with Gasteiger partial charge >= 0.3 is 23.6 Å². The highest BCUT2D eigenvalue weighted by Crippen LogP contribution is 2.48. The number of H-pyrrole nitrogens is 2. The number of piperidine rings is 2. The molecule has 2 aromatic carbocycles. The van der Waals surface area contributed by atoms with Crippen molar-refractivity contribution in [3.8, 4) is 0 Å². The summed E-state index contributed by atoms with van der Waals surface area (Å²) in [6, 6.07) is 18.0. The Morgan fingerprint density at radius 2 is 1.00 bits per heavy atom. The van der Waals surface area contributed by atoms with E-state index in [0.29, 0.717) is 58.4 Å². The Kier molecular flexibility index (Phi) is 14.0. The summed E-state index contributed by atoms with van der Waals surface area (Å²) in [5.41, 5.74) is 5.45. The van der Waals surface area contributed by atoms with E-state index in [1.165, 1.54) is 41.6 Å². The number of pyridine rings is 4. The molecule has 4 aliphatic rings. The normalized spacial score (nSPS) is 22.1. The van der Waals surface area contributed by atoms with Crippen LogP contribution in [0.4, 0.5) is 27.2 Å². The number of amides is 2. The molecular weight excluding hydrogens is 1040 g/mol. The maximum absolute atomic E-state index is 16.1. The topological polar surface area (TPSA) is 237 Å². The summed E-state index contributed by atoms with van der Waals surface area (Å²) in [6.07, 6.45) is 4.73. The molecule has 24 heteroatoms. The van der Waals surface area contributed by atoms with Gasteiger partial charge in [-0.1, -0.05) is 36.4 Å². The Labute approximate surface area is 452 Å². The van der Waals surface area contributed by atoms with Crippen LogP contribution in [-0.2, 0) is 9.47 Å². The summed E-state index contributed by atoms with van der Waals surface area (Å²) in [5.74, 6) is -6.65. The molecule has 0 bridgehead atoms. The molecule has 2 amide bonds. The van der Waals surface area contributed by atoms with E-state index in [2.05, 4.69) is 40.6 Å². The van der Waals surface area contributed by atoms with Crippen molar-refractivity contribution in [2.24, 2.45) is 5.22 Å². The summed E-state index contributed by atoms with van der Waals surface area (Å²) in [5, 5.41) is 19.5. The summed E-state index contributed by atoms with van der Waals surface area (Å²) >= 11 is 0. The van der Waals surface area contributed by atoms with Gasteiger partial charge in [0.15, 0.2) is 40.6 Å². The zero-order chi connectivity index (χ0) is 55.2. The van der Waals surface area contributed by atoms with E-state index < -0.39 is 71.6 Å². The second-order valence-corrected chi connectivity index (χ2v) is 20.6. The van der Waals surface area contributed by atoms with Crippen molar-refractivity contribution < 1.29 is 41.5 Å². The van der Waals surface area contributed by atoms with E-state index >= 15 is 22.8 Å². The zero-order valence-corrected chi connectivity index (χ0v) is 42.8. The fraction of sp³-hybridized carbons (Fsp3) is 0.357. The molecule has 8 heterocycles. The summed E-state index contributed by atoms with van der Waals surface area (Å²) < 4.78 is 78.3. The number of halogens is 4. The van der Waals surface area contributed by atoms with Crippen molar-refractivity contribution in [1.82, 2.24) is 54.3 Å². The van der Waals surface area contributed by atoms with Crippen LogP contribution in [0.3, 0.4) is 0 Å². The largest absolute Gasteiger partial charge is 0.695 e. The highest BCUT2D eigenvalue weighted by atomic mass is 19.2. The van der Waals surface area contributed by atoms with Gasteiger partial charge in [-0.3, -0.25) is 29.1 Å². The number of carbonyl (C=O) groups is 2. The Bertz CT molecular complexity index is 3800. The summed E-state index contributed by atoms with van der Waals surface area (Å²) in [7, 11) is 0. The fourth-order valence-electron chi connectivity index (χ4n) is 12.4. The Morgan fingerprint density at radius 3 is 1.52 bits per heavy atom. The number of nitrogens with zero attached hydrogens (tertiary/aromatic N) is 10. The number of ether oxygens (including phenoxy) is 2. The highest BCUT2D eigenvalue weighted by Gasteiger charge is 2.43. The minimum Gasteiger partial charge on any atom is -0.695 e. The first-order chi connectivity index (χ1) is 38.9. The number of aromatic nitrogens is 8. The third-order valence-corrected chi connectivity index (χ3v) is 16.2. The second-order valence-electron chi connectivity index (χ2n) is 20.6. The first-order valence-corrected chi connectivity index (χ1v) is 26.6. The summed E-state index contributed by atoms with van der Waals surface area (Å²) in [6.45, 7) is 1.04. The molecule has 2 saturated heterocycles. The van der Waals surface area contributed by atoms with Gasteiger partial charge in [0.2, 0.25) is 0 Å². The van der Waals surface area contributed by atoms with Gasteiger partial charge in [-0.15, -0.1) is 0 Å². The van der Waals surface area contributed by atoms with E-state index in [9.17, 15) is 19.2 Å². The average Bonchev–Trinajstić information content (AvgIpc) is 4.10. The lowest BCUT2D eigenvalue weighted by Crippen LogP contribution is -2.41. The van der Waals surface area contributed by atoms with Crippen molar-refractivity contribution in [2.75, 3.05) is 26.2 Å². The van der Waals surface area contributed by atoms with Gasteiger partial charge in [-0.2, -0.15) is 10.3 Å². The van der Waals surface area contributed by atoms with E-state index in [4.69, 9.17) is 9.47 Å². The minimum absolute atomic E-state index is 0.0236. The van der Waals surface area contributed by atoms with E-state index in [1.807, 2.05) is 6.07 Å². The lowest BCUT2D eigenvalue weighted by Gasteiger charge is -2.33. The monoisotopic (exact) mass is 1100 g/mol. The Balaban J connectivity index is 0.828. The van der Waals surface area contributed by atoms with Crippen LogP contribution < -0.4 is 16.8 Å². The number of hydrogen-bond donors (Lipinski definition) is 3. The molecule has 2 aliphatic heterocycles. The third-order valence-electron chi connectivity index (χ3n) is 16.2. The number of rotatable bonds is 9. The van der Waals surface area contributed by atoms with Gasteiger partial charge in [0.1, 0.15) is 18.2 Å². The van der Waals surface area contributed by atoms with Gasteiger partial charge < -0.3 is 24.5 Å². The number of hydroxylamine groups is 1. The maximum Gasteiger partial charge on any atom is 0.410 e. The first kappa shape index (κ1) is 51.8. The van der Waals surface area contributed by atoms with E-state index in [0.717, 1.165) is 12.1 Å². The van der Waals surface area contributed by atoms with Gasteiger partial charge in [0.25, 0.3) is 0 Å². The number of benzene rings is 2. The highest BCUT2D eigenvalue weighted by molar-refractivity contribution is 5.72. The van der Waals surface area contributed by atoms with Crippen molar-refractivity contribution in [3.05, 3.63) is 193 Å². The Morgan fingerprint density at radius 1 is 0.562 bits per heavy atom. The zero-order valence-electron chi connectivity index (χ0n) is 42.8. The van der Waals surface area contributed by atoms with E-state index in [-0.39, 0.29) is 103 Å². The first-order valence-electron chi connectivity index (χ1n) is 26.6. The molecule has 412 valence electrons. The third kappa shape index (κ3) is 9.64. The molecule has 6 atom stereocenters. The molecule has 20 nitrogen and oxygen atoms in total. The molecule has 0 saturated carbocycles. The van der Waals surface area contributed by atoms with Gasteiger partial charge in [-0.25, -0.2) is 46.7 Å². The molecule has 8 aromatic rings. The molecular formula is C56H53F4N13O7. The number of carbonyl (C=O) groups excluding carboxylic acids is 2. The number of nitrogens with one attached hydrogen (secondary N) is 3. The average molecular weight is 1100 g/mol. The molecule has 80 heavy (non-hydrogen) atoms. The lowest BCUT2D eigenvalue weighted by molar-refractivity contribution is -0.584. The van der Waals surface area contributed by atoms with Crippen molar-refractivity contribution in [1.29, 1.82) is 0 Å². The number of hydrogen-bond acceptors (Lipinski definition) is 12. The predicted octanol–water partition coefficient (Wildman–Crippen LogP) is 9.54. The number of aromatic amines is 2. The van der Waals surface area contributed by atoms with Crippen LogP contribution in [0.2, 0.25) is 0 Å². The van der Waals surface area contributed by atoms with Crippen molar-refractivity contribution in [3.63, 3.8) is 0 Å². The predicted molar refractivity (Wildman–Crippen MR) is 279 cm³/mol. The molecule has 3 N–H and O–H groups in total. The fourth-order valence-corrected chi connectivity index (χ4v) is 12.4. The lowest BCUT2D eigenvalue weighted by atomic mass is 9.85. The number of fused-ring (bicyclic) bond motifs is 4. The maximum atomic E-state index is 16.1. The molecule has 6 aromatic heterocycles. The molecule has 2 aliphatic carbocycles. The van der Waals surface area contributed by atoms with Crippen LogP contribution in [0, 0.1) is 28.5 Å². The molecule has 0 unspecified atom stereocenters. The SMILES string of the molecule is O=C(O[C@@H]1CC[C@@H](c2cccc(F)c2F)[C@H](NN=[N+]([O-])[C@@H]2c3cccnc3[C@H](OC(=O)N3CCC(n4c(=O)[nH]c5ncccc54)CC3)CC[C@H]2c2cccc(F)c2F)c2cccnc21)N1CCC(n2c(=O)[nH]c3ncccc32)CC1. The van der Waals surface area contributed by atoms with Crippen LogP contribution in [0.25, 0.3) is 22.3 Å². The molecule has 0 radical (unpaired) electrons. The van der Waals surface area contributed by atoms with Crippen LogP contribution in [-0.4, -0.2) is 92.1 Å². The molecule has 0 spiro atoms. The number of likely N-dealkylation sites (tertiary alicyclic amines) is 2. The molecule has 12 rings (SSSR count). The van der Waals surface area contributed by atoms with Crippen LogP contribution in [0.1, 0.15) is 133 Å². The minimum atomic E-state index is -1.43. The van der Waals surface area contributed by atoms with Gasteiger partial charge in [0, 0.05) is 86.0 Å². The quantitative estimate of drug-likeness (QED) is 0.0403. The van der Waals surface area contributed by atoms with Crippen LogP contribution in [0.15, 0.2) is 125 Å². The van der Waals surface area contributed by atoms with Crippen molar-refractivity contribution in [2.45, 2.75) is 99.6 Å². The van der Waals surface area contributed by atoms with E-state index in [1.54, 1.807) is 68.9 Å². The van der Waals surface area contributed by atoms with Crippen LogP contribution in [0.5, 0.6) is 0 Å². The smallest absolute Gasteiger partial charge is 0.410 e. The Hall–Kier alpha value is -8.96. The van der Waals surface area contributed by atoms with Gasteiger partial charge in [-0.05, 0) is 111 Å². The van der Waals surface area contributed by atoms with Crippen molar-refractivity contribution >= 4 is 34.5 Å². The molecule has 2 fully saturated rings. The van der Waals surface area contributed by atoms with Gasteiger partial charge in [0.05, 0.1) is 27.6 Å². The summed E-state index contributed by atoms with van der Waals surface area (Å²) in [4.78, 5) is 80.8. The standard InChI is InChI=1S/C56H53F4N13O7/c57-39-11-1-7-33(45(39)59)35-15-17-43(79-55(76)69-27-19-31(20-28-69)71-41-13-5-25-63-51(41)65-53(71)74)48-37(9-3-23-61-48)47(35)67-68-73(78)50-36(34-8-2-12-40(58)46(34)60)16-18-44(49-38(50)10-4-24-62-49)80-56(77)70-29-21-32(22-30-70)72-42-14-6-26-64-52(42)66-54(72)75/h1-14,23-26,31-32,35-36,43-44,47,50,67H,15-22,27-30H2,(H,63,65,74)(H,64,66,75)/t35-,36-,43+,44+,47-,50-/m0/s1. The number of imidazole rings is 2. The van der Waals surface area contributed by atoms with Crippen LogP contribution >= 0.6 is 0 Å².